The summed E-state index contributed by atoms with van der Waals surface area (Å²) < 4.78 is 8.29. The van der Waals surface area contributed by atoms with Crippen LogP contribution in [0, 0.1) is 0 Å². The first-order valence-corrected chi connectivity index (χ1v) is 8.10. The van der Waals surface area contributed by atoms with Crippen molar-refractivity contribution in [3.8, 4) is 0 Å². The highest BCUT2D eigenvalue weighted by Crippen LogP contribution is 2.43. The van der Waals surface area contributed by atoms with Crippen molar-refractivity contribution in [2.24, 2.45) is 0 Å². The minimum Gasteiger partial charge on any atom is -0.375 e. The zero-order valence-corrected chi connectivity index (χ0v) is 12.1. The van der Waals surface area contributed by atoms with Crippen LogP contribution in [0.4, 0.5) is 0 Å². The van der Waals surface area contributed by atoms with E-state index in [2.05, 4.69) is 20.1 Å². The van der Waals surface area contributed by atoms with Gasteiger partial charge in [-0.15, -0.1) is 0 Å². The molecule has 3 aliphatic rings. The zero-order chi connectivity index (χ0) is 13.4. The van der Waals surface area contributed by atoms with E-state index >= 15 is 0 Å². The third-order valence-corrected chi connectivity index (χ3v) is 5.10. The van der Waals surface area contributed by atoms with Crippen LogP contribution in [-0.2, 0) is 11.3 Å². The van der Waals surface area contributed by atoms with Crippen molar-refractivity contribution in [2.75, 3.05) is 6.61 Å². The molecule has 1 N–H and O–H groups in total. The molecule has 0 aromatic carbocycles. The first kappa shape index (κ1) is 12.8. The zero-order valence-electron chi connectivity index (χ0n) is 12.1. The van der Waals surface area contributed by atoms with Gasteiger partial charge in [0.15, 0.2) is 0 Å². The van der Waals surface area contributed by atoms with Crippen molar-refractivity contribution < 1.29 is 4.74 Å². The van der Waals surface area contributed by atoms with Crippen molar-refractivity contribution in [3.63, 3.8) is 0 Å². The summed E-state index contributed by atoms with van der Waals surface area (Å²) >= 11 is 0. The molecule has 0 radical (unpaired) electrons. The number of ether oxygens (including phenoxy) is 1. The van der Waals surface area contributed by atoms with E-state index in [1.165, 1.54) is 38.5 Å². The van der Waals surface area contributed by atoms with Crippen molar-refractivity contribution in [2.45, 2.75) is 75.6 Å². The van der Waals surface area contributed by atoms with E-state index in [1.54, 1.807) is 6.33 Å². The lowest BCUT2D eigenvalue weighted by molar-refractivity contribution is -0.0913. The van der Waals surface area contributed by atoms with E-state index in [9.17, 15) is 0 Å². The SMILES string of the molecule is c1nc(CNC2CC2)n(C2CCOC3(CCCC3)C2)n1. The molecule has 5 nitrogen and oxygen atoms in total. The average molecular weight is 276 g/mol. The molecule has 5 heteroatoms. The van der Waals surface area contributed by atoms with Gasteiger partial charge in [0.25, 0.3) is 0 Å². The number of hydrogen-bond donors (Lipinski definition) is 1. The van der Waals surface area contributed by atoms with Gasteiger partial charge in [0.2, 0.25) is 0 Å². The van der Waals surface area contributed by atoms with Crippen molar-refractivity contribution in [1.82, 2.24) is 20.1 Å². The second kappa shape index (κ2) is 5.11. The van der Waals surface area contributed by atoms with Crippen LogP contribution in [-0.4, -0.2) is 33.0 Å². The molecular formula is C15H24N4O. The molecule has 4 rings (SSSR count). The van der Waals surface area contributed by atoms with Gasteiger partial charge in [0.1, 0.15) is 12.2 Å². The summed E-state index contributed by atoms with van der Waals surface area (Å²) in [7, 11) is 0. The first-order chi connectivity index (χ1) is 9.85. The van der Waals surface area contributed by atoms with Crippen molar-refractivity contribution >= 4 is 0 Å². The molecule has 1 unspecified atom stereocenters. The standard InChI is InChI=1S/C15H24N4O/c1-2-7-15(6-1)9-13(5-8-20-15)19-14(17-11-18-19)10-16-12-3-4-12/h11-13,16H,1-10H2. The molecule has 0 amide bonds. The summed E-state index contributed by atoms with van der Waals surface area (Å²) in [5.41, 5.74) is 0.149. The van der Waals surface area contributed by atoms with Gasteiger partial charge in [0.05, 0.1) is 18.2 Å². The fourth-order valence-corrected chi connectivity index (χ4v) is 3.81. The van der Waals surface area contributed by atoms with E-state index in [0.29, 0.717) is 6.04 Å². The van der Waals surface area contributed by atoms with Crippen LogP contribution in [0.5, 0.6) is 0 Å². The Morgan fingerprint density at radius 2 is 2.15 bits per heavy atom. The Morgan fingerprint density at radius 3 is 2.95 bits per heavy atom. The number of hydrogen-bond acceptors (Lipinski definition) is 4. The van der Waals surface area contributed by atoms with Crippen molar-refractivity contribution in [3.05, 3.63) is 12.2 Å². The van der Waals surface area contributed by atoms with E-state index in [4.69, 9.17) is 4.74 Å². The van der Waals surface area contributed by atoms with Crippen LogP contribution in [0.15, 0.2) is 6.33 Å². The molecule has 1 aromatic rings. The van der Waals surface area contributed by atoms with E-state index in [-0.39, 0.29) is 5.60 Å². The molecule has 20 heavy (non-hydrogen) atoms. The molecule has 2 aliphatic carbocycles. The Bertz CT molecular complexity index is 462. The second-order valence-electron chi connectivity index (χ2n) is 6.66. The summed E-state index contributed by atoms with van der Waals surface area (Å²) in [4.78, 5) is 4.45. The maximum absolute atomic E-state index is 6.13. The molecule has 1 aliphatic heterocycles. The summed E-state index contributed by atoms with van der Waals surface area (Å²) in [5.74, 6) is 1.09. The van der Waals surface area contributed by atoms with E-state index in [1.807, 2.05) is 0 Å². The Morgan fingerprint density at radius 1 is 1.30 bits per heavy atom. The highest BCUT2D eigenvalue weighted by molar-refractivity contribution is 4.97. The lowest BCUT2D eigenvalue weighted by Crippen LogP contribution is -2.39. The van der Waals surface area contributed by atoms with E-state index in [0.717, 1.165) is 37.9 Å². The first-order valence-electron chi connectivity index (χ1n) is 8.10. The largest absolute Gasteiger partial charge is 0.375 e. The fourth-order valence-electron chi connectivity index (χ4n) is 3.81. The van der Waals surface area contributed by atoms with Crippen LogP contribution in [0.3, 0.4) is 0 Å². The third-order valence-electron chi connectivity index (χ3n) is 5.10. The van der Waals surface area contributed by atoms with Crippen molar-refractivity contribution in [1.29, 1.82) is 0 Å². The van der Waals surface area contributed by atoms with Crippen LogP contribution < -0.4 is 5.32 Å². The van der Waals surface area contributed by atoms with Gasteiger partial charge in [-0.1, -0.05) is 12.8 Å². The molecule has 2 heterocycles. The Kier molecular flexibility index (Phi) is 3.27. The van der Waals surface area contributed by atoms with Gasteiger partial charge in [-0.05, 0) is 38.5 Å². The van der Waals surface area contributed by atoms with E-state index < -0.39 is 0 Å². The molecule has 1 saturated heterocycles. The highest BCUT2D eigenvalue weighted by atomic mass is 16.5. The third kappa shape index (κ3) is 2.49. The molecule has 0 bridgehead atoms. The van der Waals surface area contributed by atoms with Crippen LogP contribution in [0.1, 0.15) is 63.2 Å². The number of aromatic nitrogens is 3. The molecule has 3 fully saturated rings. The van der Waals surface area contributed by atoms with Gasteiger partial charge in [-0.25, -0.2) is 9.67 Å². The maximum atomic E-state index is 6.13. The predicted molar refractivity (Wildman–Crippen MR) is 75.3 cm³/mol. The average Bonchev–Trinajstić information content (AvgIpc) is 3.00. The minimum absolute atomic E-state index is 0.149. The molecular weight excluding hydrogens is 252 g/mol. The summed E-state index contributed by atoms with van der Waals surface area (Å²) in [6.45, 7) is 1.73. The van der Waals surface area contributed by atoms with Crippen LogP contribution >= 0.6 is 0 Å². The quantitative estimate of drug-likeness (QED) is 0.916. The fraction of sp³-hybridized carbons (Fsp3) is 0.867. The minimum atomic E-state index is 0.149. The monoisotopic (exact) mass is 276 g/mol. The maximum Gasteiger partial charge on any atom is 0.141 e. The van der Waals surface area contributed by atoms with Gasteiger partial charge < -0.3 is 10.1 Å². The van der Waals surface area contributed by atoms with Gasteiger partial charge in [-0.2, -0.15) is 5.10 Å². The smallest absolute Gasteiger partial charge is 0.141 e. The normalized spacial score (nSPS) is 29.1. The Labute approximate surface area is 120 Å². The number of rotatable bonds is 4. The molecule has 1 spiro atoms. The lowest BCUT2D eigenvalue weighted by atomic mass is 9.89. The molecule has 2 saturated carbocycles. The summed E-state index contributed by atoms with van der Waals surface area (Å²) in [5, 5.41) is 8.05. The number of nitrogens with zero attached hydrogens (tertiary/aromatic N) is 3. The molecule has 1 aromatic heterocycles. The number of nitrogens with one attached hydrogen (secondary N) is 1. The lowest BCUT2D eigenvalue weighted by Gasteiger charge is -2.38. The Hall–Kier alpha value is -0.940. The summed E-state index contributed by atoms with van der Waals surface area (Å²) in [6.07, 6.45) is 11.6. The van der Waals surface area contributed by atoms with Crippen LogP contribution in [0.25, 0.3) is 0 Å². The van der Waals surface area contributed by atoms with Crippen LogP contribution in [0.2, 0.25) is 0 Å². The highest BCUT2D eigenvalue weighted by Gasteiger charge is 2.41. The Balaban J connectivity index is 1.47. The topological polar surface area (TPSA) is 52.0 Å². The second-order valence-corrected chi connectivity index (χ2v) is 6.66. The van der Waals surface area contributed by atoms with Gasteiger partial charge in [0, 0.05) is 12.6 Å². The molecule has 1 atom stereocenters. The molecule has 110 valence electrons. The van der Waals surface area contributed by atoms with Gasteiger partial charge >= 0.3 is 0 Å². The van der Waals surface area contributed by atoms with Gasteiger partial charge in [-0.3, -0.25) is 0 Å². The predicted octanol–water partition coefficient (Wildman–Crippen LogP) is 2.19. The summed E-state index contributed by atoms with van der Waals surface area (Å²) in [6, 6.07) is 1.19.